The molecule has 1 aromatic carbocycles. The maximum absolute atomic E-state index is 5.95. The van der Waals surface area contributed by atoms with Crippen LogP contribution >= 0.6 is 11.6 Å². The van der Waals surface area contributed by atoms with Crippen LogP contribution < -0.4 is 11.1 Å². The zero-order valence-electron chi connectivity index (χ0n) is 7.55. The number of halogens is 1. The Morgan fingerprint density at radius 2 is 2.31 bits per heavy atom. The number of nitrogen functional groups attached to an aromatic ring is 1. The molecule has 1 rings (SSSR count). The van der Waals surface area contributed by atoms with E-state index in [1.807, 2.05) is 25.1 Å². The SMILES string of the molecule is C=CC(C)Nc1ccc(N)cc1Cl. The van der Waals surface area contributed by atoms with Gasteiger partial charge >= 0.3 is 0 Å². The van der Waals surface area contributed by atoms with Crippen molar-refractivity contribution >= 4 is 23.0 Å². The lowest BCUT2D eigenvalue weighted by molar-refractivity contribution is 1.00. The Morgan fingerprint density at radius 3 is 2.85 bits per heavy atom. The van der Waals surface area contributed by atoms with Gasteiger partial charge in [0.1, 0.15) is 0 Å². The van der Waals surface area contributed by atoms with Gasteiger partial charge in [-0.05, 0) is 25.1 Å². The van der Waals surface area contributed by atoms with Gasteiger partial charge in [0.15, 0.2) is 0 Å². The highest BCUT2D eigenvalue weighted by atomic mass is 35.5. The molecule has 0 radical (unpaired) electrons. The third kappa shape index (κ3) is 2.67. The Labute approximate surface area is 83.4 Å². The standard InChI is InChI=1S/C10H13ClN2/c1-3-7(2)13-10-5-4-8(12)6-9(10)11/h3-7,13H,1,12H2,2H3. The van der Waals surface area contributed by atoms with Gasteiger partial charge in [0, 0.05) is 11.7 Å². The first-order valence-electron chi connectivity index (χ1n) is 4.07. The lowest BCUT2D eigenvalue weighted by Crippen LogP contribution is -2.11. The van der Waals surface area contributed by atoms with Gasteiger partial charge in [-0.1, -0.05) is 17.7 Å². The number of hydrogen-bond donors (Lipinski definition) is 2. The fraction of sp³-hybridized carbons (Fsp3) is 0.200. The van der Waals surface area contributed by atoms with Crippen LogP contribution in [0.2, 0.25) is 5.02 Å². The van der Waals surface area contributed by atoms with Crippen molar-refractivity contribution in [1.82, 2.24) is 0 Å². The van der Waals surface area contributed by atoms with Crippen LogP contribution in [-0.4, -0.2) is 6.04 Å². The zero-order chi connectivity index (χ0) is 9.84. The maximum atomic E-state index is 5.95. The minimum absolute atomic E-state index is 0.195. The topological polar surface area (TPSA) is 38.0 Å². The molecule has 0 aliphatic carbocycles. The van der Waals surface area contributed by atoms with Gasteiger partial charge in [-0.2, -0.15) is 0 Å². The van der Waals surface area contributed by atoms with E-state index in [9.17, 15) is 0 Å². The van der Waals surface area contributed by atoms with E-state index < -0.39 is 0 Å². The molecular formula is C10H13ClN2. The fourth-order valence-corrected chi connectivity index (χ4v) is 1.20. The molecule has 0 aliphatic rings. The van der Waals surface area contributed by atoms with E-state index in [2.05, 4.69) is 11.9 Å². The minimum Gasteiger partial charge on any atom is -0.399 e. The quantitative estimate of drug-likeness (QED) is 0.576. The second-order valence-electron chi connectivity index (χ2n) is 2.91. The van der Waals surface area contributed by atoms with Crippen LogP contribution in [0.1, 0.15) is 6.92 Å². The first-order chi connectivity index (χ1) is 6.13. The number of anilines is 2. The van der Waals surface area contributed by atoms with Gasteiger partial charge in [-0.25, -0.2) is 0 Å². The molecule has 0 aromatic heterocycles. The van der Waals surface area contributed by atoms with Crippen LogP contribution in [0.25, 0.3) is 0 Å². The third-order valence-electron chi connectivity index (χ3n) is 1.73. The number of nitrogens with one attached hydrogen (secondary N) is 1. The molecule has 0 spiro atoms. The van der Waals surface area contributed by atoms with Gasteiger partial charge in [0.2, 0.25) is 0 Å². The molecule has 0 heterocycles. The molecule has 2 nitrogen and oxygen atoms in total. The Bertz CT molecular complexity index is 310. The van der Waals surface area contributed by atoms with E-state index in [4.69, 9.17) is 17.3 Å². The molecule has 0 fully saturated rings. The summed E-state index contributed by atoms with van der Waals surface area (Å²) in [5.74, 6) is 0. The molecule has 13 heavy (non-hydrogen) atoms. The second kappa shape index (κ2) is 4.19. The van der Waals surface area contributed by atoms with Crippen LogP contribution in [-0.2, 0) is 0 Å². The molecule has 3 heteroatoms. The summed E-state index contributed by atoms with van der Waals surface area (Å²) in [5.41, 5.74) is 7.10. The fourth-order valence-electron chi connectivity index (χ4n) is 0.953. The Kier molecular flexibility index (Phi) is 3.20. The van der Waals surface area contributed by atoms with Crippen LogP contribution in [0.15, 0.2) is 30.9 Å². The molecule has 0 aliphatic heterocycles. The third-order valence-corrected chi connectivity index (χ3v) is 2.04. The van der Waals surface area contributed by atoms with Crippen molar-refractivity contribution in [3.63, 3.8) is 0 Å². The van der Waals surface area contributed by atoms with Gasteiger partial charge in [0.25, 0.3) is 0 Å². The normalized spacial score (nSPS) is 12.2. The first kappa shape index (κ1) is 9.93. The van der Waals surface area contributed by atoms with Crippen LogP contribution in [0.4, 0.5) is 11.4 Å². The number of rotatable bonds is 3. The predicted octanol–water partition coefficient (Wildman–Crippen LogP) is 2.91. The van der Waals surface area contributed by atoms with Crippen LogP contribution in [0, 0.1) is 0 Å². The monoisotopic (exact) mass is 196 g/mol. The van der Waals surface area contributed by atoms with Gasteiger partial charge in [-0.3, -0.25) is 0 Å². The highest BCUT2D eigenvalue weighted by molar-refractivity contribution is 6.33. The van der Waals surface area contributed by atoms with Crippen molar-refractivity contribution < 1.29 is 0 Å². The van der Waals surface area contributed by atoms with Crippen LogP contribution in [0.3, 0.4) is 0 Å². The van der Waals surface area contributed by atoms with Gasteiger partial charge < -0.3 is 11.1 Å². The molecule has 1 atom stereocenters. The lowest BCUT2D eigenvalue weighted by Gasteiger charge is -2.12. The van der Waals surface area contributed by atoms with E-state index in [-0.39, 0.29) is 6.04 Å². The van der Waals surface area contributed by atoms with Crippen molar-refractivity contribution in [2.45, 2.75) is 13.0 Å². The zero-order valence-corrected chi connectivity index (χ0v) is 8.31. The smallest absolute Gasteiger partial charge is 0.0658 e. The summed E-state index contributed by atoms with van der Waals surface area (Å²) in [5, 5.41) is 3.81. The summed E-state index contributed by atoms with van der Waals surface area (Å²) in [6, 6.07) is 5.59. The molecule has 70 valence electrons. The van der Waals surface area contributed by atoms with Crippen molar-refractivity contribution in [3.8, 4) is 0 Å². The number of benzene rings is 1. The summed E-state index contributed by atoms with van der Waals surface area (Å²) < 4.78 is 0. The molecule has 3 N–H and O–H groups in total. The molecule has 1 unspecified atom stereocenters. The summed E-state index contributed by atoms with van der Waals surface area (Å²) >= 11 is 5.95. The van der Waals surface area contributed by atoms with Crippen molar-refractivity contribution in [2.24, 2.45) is 0 Å². The average Bonchev–Trinajstić information content (AvgIpc) is 2.09. The van der Waals surface area contributed by atoms with E-state index in [1.54, 1.807) is 6.07 Å². The maximum Gasteiger partial charge on any atom is 0.0658 e. The summed E-state index contributed by atoms with van der Waals surface area (Å²) in [6.45, 7) is 5.67. The molecule has 1 aromatic rings. The highest BCUT2D eigenvalue weighted by Gasteiger charge is 2.01. The van der Waals surface area contributed by atoms with E-state index in [0.717, 1.165) is 5.69 Å². The Hall–Kier alpha value is -1.15. The Balaban J connectivity index is 2.83. The summed E-state index contributed by atoms with van der Waals surface area (Å²) in [6.07, 6.45) is 1.81. The Morgan fingerprint density at radius 1 is 1.62 bits per heavy atom. The highest BCUT2D eigenvalue weighted by Crippen LogP contribution is 2.24. The van der Waals surface area contributed by atoms with Crippen LogP contribution in [0.5, 0.6) is 0 Å². The van der Waals surface area contributed by atoms with E-state index >= 15 is 0 Å². The second-order valence-corrected chi connectivity index (χ2v) is 3.32. The largest absolute Gasteiger partial charge is 0.399 e. The van der Waals surface area contributed by atoms with E-state index in [0.29, 0.717) is 10.7 Å². The number of hydrogen-bond acceptors (Lipinski definition) is 2. The van der Waals surface area contributed by atoms with Gasteiger partial charge in [0.05, 0.1) is 10.7 Å². The molecule has 0 amide bonds. The molecule has 0 bridgehead atoms. The molecular weight excluding hydrogens is 184 g/mol. The summed E-state index contributed by atoms with van der Waals surface area (Å²) in [4.78, 5) is 0. The van der Waals surface area contributed by atoms with E-state index in [1.165, 1.54) is 0 Å². The predicted molar refractivity (Wildman–Crippen MR) is 59.1 cm³/mol. The summed E-state index contributed by atoms with van der Waals surface area (Å²) in [7, 11) is 0. The molecule has 0 saturated carbocycles. The lowest BCUT2D eigenvalue weighted by atomic mass is 10.2. The first-order valence-corrected chi connectivity index (χ1v) is 4.45. The molecule has 0 saturated heterocycles. The average molecular weight is 197 g/mol. The minimum atomic E-state index is 0.195. The van der Waals surface area contributed by atoms with Crippen molar-refractivity contribution in [3.05, 3.63) is 35.9 Å². The van der Waals surface area contributed by atoms with Crippen molar-refractivity contribution in [2.75, 3.05) is 11.1 Å². The number of nitrogens with two attached hydrogens (primary N) is 1. The van der Waals surface area contributed by atoms with Crippen molar-refractivity contribution in [1.29, 1.82) is 0 Å². The van der Waals surface area contributed by atoms with Gasteiger partial charge in [-0.15, -0.1) is 6.58 Å².